The Balaban J connectivity index is 2.17. The Bertz CT molecular complexity index is 506. The first-order chi connectivity index (χ1) is 9.29. The van der Waals surface area contributed by atoms with Crippen LogP contribution in [0.4, 0.5) is 18.9 Å². The first-order valence-electron chi connectivity index (χ1n) is 6.55. The predicted octanol–water partition coefficient (Wildman–Crippen LogP) is 3.20. The molecule has 0 bridgehead atoms. The van der Waals surface area contributed by atoms with Crippen LogP contribution < -0.4 is 11.5 Å². The highest BCUT2D eigenvalue weighted by molar-refractivity contribution is 5.95. The highest BCUT2D eigenvalue weighted by atomic mass is 19.4. The van der Waals surface area contributed by atoms with Gasteiger partial charge in [0.05, 0.1) is 5.92 Å². The summed E-state index contributed by atoms with van der Waals surface area (Å²) in [5.74, 6) is -1.88. The third kappa shape index (κ3) is 3.05. The molecule has 1 aliphatic carbocycles. The molecular formula is C14H17F3N2O. The van der Waals surface area contributed by atoms with Gasteiger partial charge in [0.15, 0.2) is 0 Å². The fourth-order valence-electron chi connectivity index (χ4n) is 2.88. The lowest BCUT2D eigenvalue weighted by Gasteiger charge is -2.30. The van der Waals surface area contributed by atoms with E-state index < -0.39 is 18.0 Å². The standard InChI is InChI=1S/C14H17F3N2O/c15-14(16,17)9-3-1-8(2-4-9)11-6-5-10(18)7-12(11)13(19)20/h5-9H,1-4,18H2,(H2,19,20). The second-order valence-electron chi connectivity index (χ2n) is 5.30. The maximum absolute atomic E-state index is 12.6. The van der Waals surface area contributed by atoms with Crippen molar-refractivity contribution in [2.24, 2.45) is 11.7 Å². The molecule has 1 fully saturated rings. The molecule has 1 amide bonds. The van der Waals surface area contributed by atoms with E-state index in [0.717, 1.165) is 0 Å². The zero-order valence-electron chi connectivity index (χ0n) is 10.9. The van der Waals surface area contributed by atoms with Crippen molar-refractivity contribution in [1.29, 1.82) is 0 Å². The summed E-state index contributed by atoms with van der Waals surface area (Å²) in [6.45, 7) is 0. The van der Waals surface area contributed by atoms with Gasteiger partial charge in [-0.25, -0.2) is 0 Å². The molecule has 1 aromatic carbocycles. The Morgan fingerprint density at radius 3 is 2.25 bits per heavy atom. The molecule has 4 N–H and O–H groups in total. The quantitative estimate of drug-likeness (QED) is 0.820. The van der Waals surface area contributed by atoms with E-state index in [4.69, 9.17) is 11.5 Å². The van der Waals surface area contributed by atoms with E-state index in [0.29, 0.717) is 29.7 Å². The molecule has 0 radical (unpaired) electrons. The molecule has 6 heteroatoms. The number of benzene rings is 1. The predicted molar refractivity (Wildman–Crippen MR) is 70.1 cm³/mol. The molecular weight excluding hydrogens is 269 g/mol. The maximum atomic E-state index is 12.6. The summed E-state index contributed by atoms with van der Waals surface area (Å²) < 4.78 is 37.9. The first-order valence-corrected chi connectivity index (χ1v) is 6.55. The molecule has 0 spiro atoms. The maximum Gasteiger partial charge on any atom is 0.391 e. The van der Waals surface area contributed by atoms with Gasteiger partial charge < -0.3 is 11.5 Å². The van der Waals surface area contributed by atoms with Crippen LogP contribution >= 0.6 is 0 Å². The number of rotatable bonds is 2. The molecule has 1 aliphatic rings. The van der Waals surface area contributed by atoms with Crippen LogP contribution in [0, 0.1) is 5.92 Å². The van der Waals surface area contributed by atoms with Crippen LogP contribution in [-0.2, 0) is 0 Å². The van der Waals surface area contributed by atoms with E-state index in [1.807, 2.05) is 0 Å². The number of primary amides is 1. The summed E-state index contributed by atoms with van der Waals surface area (Å²) in [5, 5.41) is 0. The Labute approximate surface area is 115 Å². The molecule has 110 valence electrons. The molecule has 0 heterocycles. The van der Waals surface area contributed by atoms with Gasteiger partial charge in [-0.15, -0.1) is 0 Å². The molecule has 3 nitrogen and oxygen atoms in total. The smallest absolute Gasteiger partial charge is 0.391 e. The number of hydrogen-bond acceptors (Lipinski definition) is 2. The van der Waals surface area contributed by atoms with Crippen LogP contribution in [0.2, 0.25) is 0 Å². The summed E-state index contributed by atoms with van der Waals surface area (Å²) in [4.78, 5) is 11.4. The monoisotopic (exact) mass is 286 g/mol. The van der Waals surface area contributed by atoms with Gasteiger partial charge in [0.25, 0.3) is 0 Å². The largest absolute Gasteiger partial charge is 0.399 e. The molecule has 20 heavy (non-hydrogen) atoms. The number of anilines is 1. The molecule has 0 atom stereocenters. The molecule has 0 aromatic heterocycles. The van der Waals surface area contributed by atoms with Crippen molar-refractivity contribution in [2.45, 2.75) is 37.8 Å². The fourth-order valence-corrected chi connectivity index (χ4v) is 2.88. The van der Waals surface area contributed by atoms with Crippen molar-refractivity contribution in [3.8, 4) is 0 Å². The highest BCUT2D eigenvalue weighted by Gasteiger charge is 2.41. The van der Waals surface area contributed by atoms with Gasteiger partial charge in [-0.05, 0) is 49.3 Å². The van der Waals surface area contributed by atoms with E-state index in [9.17, 15) is 18.0 Å². The number of alkyl halides is 3. The minimum absolute atomic E-state index is 0.0586. The number of hydrogen-bond donors (Lipinski definition) is 2. The lowest BCUT2D eigenvalue weighted by atomic mass is 9.77. The van der Waals surface area contributed by atoms with Gasteiger partial charge in [0.2, 0.25) is 5.91 Å². The summed E-state index contributed by atoms with van der Waals surface area (Å²) >= 11 is 0. The van der Waals surface area contributed by atoms with Crippen molar-refractivity contribution >= 4 is 11.6 Å². The van der Waals surface area contributed by atoms with Gasteiger partial charge >= 0.3 is 6.18 Å². The fraction of sp³-hybridized carbons (Fsp3) is 0.500. The topological polar surface area (TPSA) is 69.1 Å². The molecule has 1 saturated carbocycles. The summed E-state index contributed by atoms with van der Waals surface area (Å²) in [6.07, 6.45) is -3.12. The van der Waals surface area contributed by atoms with Crippen LogP contribution in [-0.4, -0.2) is 12.1 Å². The lowest BCUT2D eigenvalue weighted by Crippen LogP contribution is -2.28. The molecule has 0 saturated heterocycles. The van der Waals surface area contributed by atoms with E-state index in [1.54, 1.807) is 12.1 Å². The Kier molecular flexibility index (Phi) is 3.92. The first kappa shape index (κ1) is 14.7. The molecule has 0 aliphatic heterocycles. The molecule has 0 unspecified atom stereocenters. The van der Waals surface area contributed by atoms with Crippen LogP contribution in [0.25, 0.3) is 0 Å². The summed E-state index contributed by atoms with van der Waals surface area (Å²) in [5.41, 5.74) is 12.4. The van der Waals surface area contributed by atoms with E-state index in [2.05, 4.69) is 0 Å². The van der Waals surface area contributed by atoms with Crippen LogP contribution in [0.3, 0.4) is 0 Å². The van der Waals surface area contributed by atoms with E-state index >= 15 is 0 Å². The molecule has 1 aromatic rings. The van der Waals surface area contributed by atoms with Gasteiger partial charge in [-0.1, -0.05) is 6.07 Å². The molecule has 2 rings (SSSR count). The van der Waals surface area contributed by atoms with Crippen molar-refractivity contribution in [2.75, 3.05) is 5.73 Å². The number of halogens is 3. The SMILES string of the molecule is NC(=O)c1cc(N)ccc1C1CCC(C(F)(F)F)CC1. The van der Waals surface area contributed by atoms with Crippen LogP contribution in [0.15, 0.2) is 18.2 Å². The normalized spacial score (nSPS) is 23.6. The Morgan fingerprint density at radius 1 is 1.15 bits per heavy atom. The van der Waals surface area contributed by atoms with Gasteiger partial charge in [-0.3, -0.25) is 4.79 Å². The summed E-state index contributed by atoms with van der Waals surface area (Å²) in [6, 6.07) is 4.85. The number of carbonyl (C=O) groups is 1. The van der Waals surface area contributed by atoms with Crippen molar-refractivity contribution in [1.82, 2.24) is 0 Å². The highest BCUT2D eigenvalue weighted by Crippen LogP contribution is 2.43. The summed E-state index contributed by atoms with van der Waals surface area (Å²) in [7, 11) is 0. The van der Waals surface area contributed by atoms with Crippen molar-refractivity contribution in [3.05, 3.63) is 29.3 Å². The lowest BCUT2D eigenvalue weighted by molar-refractivity contribution is -0.182. The van der Waals surface area contributed by atoms with E-state index in [-0.39, 0.29) is 18.8 Å². The van der Waals surface area contributed by atoms with Gasteiger partial charge in [-0.2, -0.15) is 13.2 Å². The van der Waals surface area contributed by atoms with Gasteiger partial charge in [0.1, 0.15) is 0 Å². The minimum Gasteiger partial charge on any atom is -0.399 e. The second kappa shape index (κ2) is 5.34. The number of nitrogens with two attached hydrogens (primary N) is 2. The van der Waals surface area contributed by atoms with Gasteiger partial charge in [0, 0.05) is 11.3 Å². The Hall–Kier alpha value is -1.72. The second-order valence-corrected chi connectivity index (χ2v) is 5.30. The van der Waals surface area contributed by atoms with Crippen molar-refractivity contribution in [3.63, 3.8) is 0 Å². The average molecular weight is 286 g/mol. The third-order valence-electron chi connectivity index (χ3n) is 3.97. The number of nitrogen functional groups attached to an aromatic ring is 1. The third-order valence-corrected chi connectivity index (χ3v) is 3.97. The Morgan fingerprint density at radius 2 is 1.75 bits per heavy atom. The number of carbonyl (C=O) groups excluding carboxylic acids is 1. The van der Waals surface area contributed by atoms with Crippen LogP contribution in [0.5, 0.6) is 0 Å². The van der Waals surface area contributed by atoms with E-state index in [1.165, 1.54) is 6.07 Å². The minimum atomic E-state index is -4.13. The zero-order chi connectivity index (χ0) is 14.9. The number of amides is 1. The average Bonchev–Trinajstić information content (AvgIpc) is 2.37. The van der Waals surface area contributed by atoms with Crippen LogP contribution in [0.1, 0.15) is 47.5 Å². The zero-order valence-corrected chi connectivity index (χ0v) is 10.9. The van der Waals surface area contributed by atoms with Crippen molar-refractivity contribution < 1.29 is 18.0 Å².